The molecule has 2 aromatic carbocycles. The molecule has 12 rings (SSSR count). The quantitative estimate of drug-likeness (QED) is 0.238. The van der Waals surface area contributed by atoms with Crippen LogP contribution >= 0.6 is 22.5 Å². The van der Waals surface area contributed by atoms with Crippen LogP contribution in [0.5, 0.6) is 0 Å². The second-order valence-corrected chi connectivity index (χ2v) is 28.3. The summed E-state index contributed by atoms with van der Waals surface area (Å²) in [5.41, 5.74) is 2.00. The van der Waals surface area contributed by atoms with Crippen molar-refractivity contribution in [1.82, 2.24) is 28.0 Å². The van der Waals surface area contributed by atoms with E-state index in [1.54, 1.807) is 24.3 Å². The van der Waals surface area contributed by atoms with Crippen LogP contribution in [-0.2, 0) is 51.0 Å². The lowest BCUT2D eigenvalue weighted by Crippen LogP contribution is -2.51. The number of ether oxygens (including phenoxy) is 8. The highest BCUT2D eigenvalue weighted by atomic mass is 31.3. The number of benzene rings is 2. The summed E-state index contributed by atoms with van der Waals surface area (Å²) >= 11 is 0. The van der Waals surface area contributed by atoms with Gasteiger partial charge in [-0.1, -0.05) is 24.3 Å². The third-order valence-corrected chi connectivity index (χ3v) is 28.2. The summed E-state index contributed by atoms with van der Waals surface area (Å²) in [6.45, 7) is 12.9. The highest BCUT2D eigenvalue weighted by Crippen LogP contribution is 2.85. The van der Waals surface area contributed by atoms with E-state index in [-0.39, 0.29) is 11.6 Å². The lowest BCUT2D eigenvalue weighted by Gasteiger charge is -2.57. The Morgan fingerprint density at radius 2 is 0.627 bits per heavy atom. The average Bonchev–Trinajstić information content (AvgIpc) is 4.21. The fraction of sp³-hybridized carbons (Fsp3) is 0.733. The van der Waals surface area contributed by atoms with Gasteiger partial charge >= 0.3 is 0 Å². The van der Waals surface area contributed by atoms with Crippen molar-refractivity contribution in [3.8, 4) is 0 Å². The fourth-order valence-corrected chi connectivity index (χ4v) is 28.2. The Morgan fingerprint density at radius 1 is 0.373 bits per heavy atom. The fourth-order valence-electron chi connectivity index (χ4n) is 12.0. The summed E-state index contributed by atoms with van der Waals surface area (Å²) in [5.74, 6) is -2.99. The number of piperidine rings is 4. The molecule has 17 nitrogen and oxygen atoms in total. The molecule has 0 unspecified atom stereocenters. The van der Waals surface area contributed by atoms with Crippen LogP contribution in [0.3, 0.4) is 0 Å². The topological polar surface area (TPSA) is 130 Å². The van der Waals surface area contributed by atoms with E-state index in [0.717, 1.165) is 30.6 Å². The van der Waals surface area contributed by atoms with E-state index in [1.807, 2.05) is 24.3 Å². The number of halogens is 2. The highest BCUT2D eigenvalue weighted by molar-refractivity contribution is 7.83. The van der Waals surface area contributed by atoms with Crippen LogP contribution in [0.15, 0.2) is 62.1 Å². The van der Waals surface area contributed by atoms with Crippen molar-refractivity contribution in [2.75, 3.05) is 118 Å². The van der Waals surface area contributed by atoms with Gasteiger partial charge in [0.1, 0.15) is 11.6 Å². The Morgan fingerprint density at radius 3 is 0.910 bits per heavy atom. The zero-order chi connectivity index (χ0) is 45.2. The smallest absolute Gasteiger partial charge is 0.221 e. The minimum atomic E-state index is -3.19. The summed E-state index contributed by atoms with van der Waals surface area (Å²) < 4.78 is 116. The van der Waals surface area contributed by atoms with Crippen molar-refractivity contribution in [3.05, 3.63) is 71.3 Å². The third kappa shape index (κ3) is 8.65. The molecule has 0 aromatic heterocycles. The van der Waals surface area contributed by atoms with Crippen LogP contribution in [0, 0.1) is 11.6 Å². The summed E-state index contributed by atoms with van der Waals surface area (Å²) in [6.07, 6.45) is 6.53. The van der Waals surface area contributed by atoms with E-state index >= 15 is 0 Å². The predicted molar refractivity (Wildman–Crippen MR) is 248 cm³/mol. The molecule has 9 fully saturated rings. The summed E-state index contributed by atoms with van der Waals surface area (Å²) in [7, 11) is -9.43. The maximum atomic E-state index is 14.6. The Labute approximate surface area is 393 Å². The molecule has 0 amide bonds. The van der Waals surface area contributed by atoms with Gasteiger partial charge in [-0.05, 0) is 41.8 Å². The van der Waals surface area contributed by atoms with Gasteiger partial charge in [-0.15, -0.1) is 0 Å². The first-order valence-electron chi connectivity index (χ1n) is 24.7. The lowest BCUT2D eigenvalue weighted by molar-refractivity contribution is -0.182. The molecule has 0 radical (unpaired) electrons. The molecule has 0 bridgehead atoms. The van der Waals surface area contributed by atoms with Crippen LogP contribution in [0.4, 0.5) is 8.78 Å². The van der Waals surface area contributed by atoms with Crippen molar-refractivity contribution >= 4 is 22.5 Å². The van der Waals surface area contributed by atoms with Crippen LogP contribution in [0.25, 0.3) is 0 Å². The minimum Gasteiger partial charge on any atom is -0.347 e. The molecule has 10 aliphatic heterocycles. The Balaban J connectivity index is 1.09. The molecule has 22 heteroatoms. The monoisotopic (exact) mass is 991 g/mol. The van der Waals surface area contributed by atoms with Crippen LogP contribution in [-0.4, -0.2) is 169 Å². The van der Waals surface area contributed by atoms with Crippen molar-refractivity contribution in [3.63, 3.8) is 0 Å². The van der Waals surface area contributed by atoms with Crippen molar-refractivity contribution in [1.29, 1.82) is 0 Å². The Hall–Kier alpha value is -1.57. The number of hydrogen-bond donors (Lipinski definition) is 0. The maximum absolute atomic E-state index is 14.6. The lowest BCUT2D eigenvalue weighted by atomic mass is 10.1. The van der Waals surface area contributed by atoms with Gasteiger partial charge in [0.25, 0.3) is 0 Å². The molecule has 0 aliphatic carbocycles. The third-order valence-electron chi connectivity index (χ3n) is 15.6. The minimum absolute atomic E-state index is 0.266. The van der Waals surface area contributed by atoms with Gasteiger partial charge in [-0.3, -0.25) is 0 Å². The molecule has 2 aromatic rings. The van der Waals surface area contributed by atoms with E-state index < -0.39 is 45.7 Å². The summed E-state index contributed by atoms with van der Waals surface area (Å²) in [6, 6.07) is 13.8. The van der Waals surface area contributed by atoms with Crippen LogP contribution in [0.1, 0.15) is 68.9 Å². The van der Waals surface area contributed by atoms with Crippen LogP contribution < -0.4 is 0 Å². The molecule has 0 atom stereocenters. The SMILES string of the molecule is Fc1ccc(CN2CCCN(Cc3ccc(F)cc3)P23=NP(N2CCC4(CC2)OCCO4)(N2CCC4(CC2)OCCO4)=NP(N2CCC4(CC2)OCCO4)(N2CCC4(CC2)OCCO4)=N3)cc1. The number of nitrogens with zero attached hydrogens (tertiary/aromatic N) is 9. The molecular weight excluding hydrogens is 925 g/mol. The summed E-state index contributed by atoms with van der Waals surface area (Å²) in [5, 5.41) is 0. The molecule has 67 heavy (non-hydrogen) atoms. The normalized spacial score (nSPS) is 30.6. The van der Waals surface area contributed by atoms with Crippen molar-refractivity contribution in [2.24, 2.45) is 13.5 Å². The second-order valence-electron chi connectivity index (χ2n) is 19.5. The van der Waals surface area contributed by atoms with E-state index in [9.17, 15) is 8.78 Å². The van der Waals surface area contributed by atoms with Crippen molar-refractivity contribution < 1.29 is 46.7 Å². The molecule has 368 valence electrons. The first-order chi connectivity index (χ1) is 32.6. The molecule has 0 saturated carbocycles. The van der Waals surface area contributed by atoms with E-state index in [0.29, 0.717) is 170 Å². The van der Waals surface area contributed by atoms with E-state index in [1.165, 1.54) is 0 Å². The Kier molecular flexibility index (Phi) is 12.8. The molecule has 5 spiro atoms. The first kappa shape index (κ1) is 46.5. The molecule has 0 N–H and O–H groups in total. The van der Waals surface area contributed by atoms with E-state index in [4.69, 9.17) is 51.4 Å². The van der Waals surface area contributed by atoms with Gasteiger partial charge in [0.15, 0.2) is 23.1 Å². The number of rotatable bonds is 8. The zero-order valence-electron chi connectivity index (χ0n) is 38.5. The highest BCUT2D eigenvalue weighted by Gasteiger charge is 2.58. The molecular formula is C45H66F2N9O8P3. The van der Waals surface area contributed by atoms with Gasteiger partial charge in [0.05, 0.1) is 52.9 Å². The first-order valence-corrected chi connectivity index (χ1v) is 29.5. The Bertz CT molecular complexity index is 2040. The second kappa shape index (κ2) is 18.5. The van der Waals surface area contributed by atoms with Crippen LogP contribution in [0.2, 0.25) is 0 Å². The number of hydrogen-bond acceptors (Lipinski definition) is 17. The standard InChI is InChI=1S/C45H66F2N9O8P3/c46-40-6-2-38(3-7-40)36-55-18-1-19-56(37-39-4-8-41(47)9-5-39)67(55)49-65(51-20-10-42(11-21-51)57-28-29-58-42,52-22-12-43(13-23-52)59-30-31-60-43)48-66(50-67,53-24-14-44(15-25-53)61-32-33-62-44)54-26-16-45(17-27-54)63-34-35-64-45/h2-9H,1,10-37H2. The van der Waals surface area contributed by atoms with Crippen molar-refractivity contribution in [2.45, 2.75) is 94.0 Å². The van der Waals surface area contributed by atoms with Gasteiger partial charge < -0.3 is 37.9 Å². The molecule has 10 heterocycles. The van der Waals surface area contributed by atoms with Gasteiger partial charge in [-0.25, -0.2) is 36.8 Å². The molecule has 9 saturated heterocycles. The average molecular weight is 992 g/mol. The van der Waals surface area contributed by atoms with E-state index in [2.05, 4.69) is 28.0 Å². The summed E-state index contributed by atoms with van der Waals surface area (Å²) in [4.78, 5) is 0. The molecule has 10 aliphatic rings. The predicted octanol–water partition coefficient (Wildman–Crippen LogP) is 7.88. The largest absolute Gasteiger partial charge is 0.347 e. The zero-order valence-corrected chi connectivity index (χ0v) is 41.2. The van der Waals surface area contributed by atoms with Gasteiger partial charge in [0, 0.05) is 130 Å². The maximum Gasteiger partial charge on any atom is 0.221 e. The van der Waals surface area contributed by atoms with Gasteiger partial charge in [-0.2, -0.15) is 13.5 Å². The van der Waals surface area contributed by atoms with Gasteiger partial charge in [0.2, 0.25) is 22.5 Å².